The van der Waals surface area contributed by atoms with Gasteiger partial charge in [0.2, 0.25) is 0 Å². The lowest BCUT2D eigenvalue weighted by Gasteiger charge is -2.33. The number of nitrogens with one attached hydrogen (secondary N) is 1. The predicted octanol–water partition coefficient (Wildman–Crippen LogP) is 2.10. The van der Waals surface area contributed by atoms with Gasteiger partial charge in [0.1, 0.15) is 0 Å². The molecule has 2 aromatic rings. The van der Waals surface area contributed by atoms with Crippen LogP contribution in [0.1, 0.15) is 37.2 Å². The molecular weight excluding hydrogens is 236 g/mol. The van der Waals surface area contributed by atoms with E-state index in [0.717, 1.165) is 25.9 Å². The van der Waals surface area contributed by atoms with E-state index in [1.807, 2.05) is 24.8 Å². The first-order chi connectivity index (χ1) is 9.23. The van der Waals surface area contributed by atoms with Gasteiger partial charge in [-0.3, -0.25) is 4.98 Å². The third-order valence-electron chi connectivity index (χ3n) is 4.13. The third kappa shape index (κ3) is 2.16. The maximum absolute atomic E-state index is 4.66. The summed E-state index contributed by atoms with van der Waals surface area (Å²) in [4.78, 5) is 8.83. The van der Waals surface area contributed by atoms with E-state index < -0.39 is 0 Å². The molecule has 4 heteroatoms. The first-order valence-corrected chi connectivity index (χ1v) is 6.91. The second kappa shape index (κ2) is 4.78. The number of hydrogen-bond donors (Lipinski definition) is 1. The zero-order valence-corrected chi connectivity index (χ0v) is 11.6. The third-order valence-corrected chi connectivity index (χ3v) is 4.13. The molecule has 1 aliphatic heterocycles. The van der Waals surface area contributed by atoms with E-state index in [1.165, 1.54) is 17.0 Å². The molecule has 0 aromatic carbocycles. The lowest BCUT2D eigenvalue weighted by atomic mass is 9.89. The van der Waals surface area contributed by atoms with Crippen molar-refractivity contribution in [2.45, 2.75) is 38.8 Å². The Hall–Kier alpha value is -1.68. The van der Waals surface area contributed by atoms with Crippen molar-refractivity contribution in [3.05, 3.63) is 47.8 Å². The molecule has 100 valence electrons. The van der Waals surface area contributed by atoms with Crippen LogP contribution in [0.5, 0.6) is 0 Å². The Morgan fingerprint density at radius 2 is 2.37 bits per heavy atom. The van der Waals surface area contributed by atoms with Gasteiger partial charge in [0.15, 0.2) is 0 Å². The fraction of sp³-hybridized carbons (Fsp3) is 0.467. The van der Waals surface area contributed by atoms with E-state index in [9.17, 15) is 0 Å². The molecule has 19 heavy (non-hydrogen) atoms. The second-order valence-corrected chi connectivity index (χ2v) is 5.39. The lowest BCUT2D eigenvalue weighted by molar-refractivity contribution is 0.324. The van der Waals surface area contributed by atoms with E-state index in [2.05, 4.69) is 39.8 Å². The number of aromatic nitrogens is 3. The van der Waals surface area contributed by atoms with Gasteiger partial charge in [-0.15, -0.1) is 0 Å². The van der Waals surface area contributed by atoms with Gasteiger partial charge in [-0.25, -0.2) is 4.98 Å². The summed E-state index contributed by atoms with van der Waals surface area (Å²) in [5.74, 6) is 0. The molecule has 2 aromatic heterocycles. The molecule has 0 bridgehead atoms. The summed E-state index contributed by atoms with van der Waals surface area (Å²) in [6.45, 7) is 6.33. The maximum Gasteiger partial charge on any atom is 0.0955 e. The predicted molar refractivity (Wildman–Crippen MR) is 74.9 cm³/mol. The van der Waals surface area contributed by atoms with Crippen molar-refractivity contribution in [1.29, 1.82) is 0 Å². The van der Waals surface area contributed by atoms with Crippen LogP contribution in [-0.4, -0.2) is 21.1 Å². The molecule has 0 saturated carbocycles. The number of hydrogen-bond acceptors (Lipinski definition) is 3. The molecule has 1 N–H and O–H groups in total. The number of rotatable bonds is 3. The van der Waals surface area contributed by atoms with Gasteiger partial charge in [0.05, 0.1) is 24.1 Å². The number of nitrogens with zero attached hydrogens (tertiary/aromatic N) is 3. The molecule has 0 amide bonds. The maximum atomic E-state index is 4.66. The van der Waals surface area contributed by atoms with E-state index in [1.54, 1.807) is 0 Å². The van der Waals surface area contributed by atoms with Gasteiger partial charge in [0.25, 0.3) is 0 Å². The number of fused-ring (bicyclic) bond motifs is 1. The van der Waals surface area contributed by atoms with E-state index in [-0.39, 0.29) is 5.54 Å². The minimum atomic E-state index is 0.0216. The molecule has 1 aliphatic rings. The molecule has 3 heterocycles. The van der Waals surface area contributed by atoms with Crippen LogP contribution < -0.4 is 5.32 Å². The van der Waals surface area contributed by atoms with E-state index in [0.29, 0.717) is 0 Å². The standard InChI is InChI=1S/C15H20N4/c1-3-15(2)14-13(6-8-18-15)19(11-17-14)10-12-5-4-7-16-9-12/h4-5,7,9,11,18H,3,6,8,10H2,1-2H3. The Morgan fingerprint density at radius 1 is 1.47 bits per heavy atom. The van der Waals surface area contributed by atoms with E-state index >= 15 is 0 Å². The van der Waals surface area contributed by atoms with Crippen molar-refractivity contribution >= 4 is 0 Å². The molecule has 1 atom stereocenters. The largest absolute Gasteiger partial charge is 0.330 e. The minimum absolute atomic E-state index is 0.0216. The fourth-order valence-corrected chi connectivity index (χ4v) is 2.79. The lowest BCUT2D eigenvalue weighted by Crippen LogP contribution is -2.45. The molecule has 0 spiro atoms. The van der Waals surface area contributed by atoms with Gasteiger partial charge in [-0.2, -0.15) is 0 Å². The molecule has 0 fully saturated rings. The van der Waals surface area contributed by atoms with Gasteiger partial charge in [-0.05, 0) is 25.0 Å². The summed E-state index contributed by atoms with van der Waals surface area (Å²) in [5.41, 5.74) is 3.82. The van der Waals surface area contributed by atoms with Crippen LogP contribution in [0.3, 0.4) is 0 Å². The Balaban J connectivity index is 1.93. The average molecular weight is 256 g/mol. The van der Waals surface area contributed by atoms with E-state index in [4.69, 9.17) is 0 Å². The van der Waals surface area contributed by atoms with Crippen LogP contribution in [0.2, 0.25) is 0 Å². The van der Waals surface area contributed by atoms with Crippen LogP contribution in [0, 0.1) is 0 Å². The number of pyridine rings is 1. The first-order valence-electron chi connectivity index (χ1n) is 6.91. The summed E-state index contributed by atoms with van der Waals surface area (Å²) in [5, 5.41) is 3.59. The molecular formula is C15H20N4. The van der Waals surface area contributed by atoms with Crippen molar-refractivity contribution in [1.82, 2.24) is 19.9 Å². The van der Waals surface area contributed by atoms with Crippen LogP contribution in [0.25, 0.3) is 0 Å². The Bertz CT molecular complexity index is 561. The highest BCUT2D eigenvalue weighted by Crippen LogP contribution is 2.30. The van der Waals surface area contributed by atoms with Gasteiger partial charge >= 0.3 is 0 Å². The van der Waals surface area contributed by atoms with Crippen LogP contribution in [0.15, 0.2) is 30.9 Å². The summed E-state index contributed by atoms with van der Waals surface area (Å²) in [6.07, 6.45) is 7.81. The summed E-state index contributed by atoms with van der Waals surface area (Å²) in [6, 6.07) is 4.09. The molecule has 0 saturated heterocycles. The SMILES string of the molecule is CCC1(C)NCCc2c1ncn2Cc1cccnc1. The Labute approximate surface area is 113 Å². The summed E-state index contributed by atoms with van der Waals surface area (Å²) in [7, 11) is 0. The average Bonchev–Trinajstić information content (AvgIpc) is 2.85. The highest BCUT2D eigenvalue weighted by molar-refractivity contribution is 5.26. The van der Waals surface area contributed by atoms with Crippen molar-refractivity contribution < 1.29 is 0 Å². The minimum Gasteiger partial charge on any atom is -0.330 e. The quantitative estimate of drug-likeness (QED) is 0.914. The van der Waals surface area contributed by atoms with Crippen molar-refractivity contribution in [3.63, 3.8) is 0 Å². The zero-order chi connectivity index (χ0) is 13.3. The Morgan fingerprint density at radius 3 is 3.11 bits per heavy atom. The van der Waals surface area contributed by atoms with Crippen molar-refractivity contribution in [2.75, 3.05) is 6.54 Å². The van der Waals surface area contributed by atoms with Gasteiger partial charge in [-0.1, -0.05) is 13.0 Å². The fourth-order valence-electron chi connectivity index (χ4n) is 2.79. The Kier molecular flexibility index (Phi) is 3.11. The molecule has 1 unspecified atom stereocenters. The first kappa shape index (κ1) is 12.4. The highest BCUT2D eigenvalue weighted by atomic mass is 15.1. The smallest absolute Gasteiger partial charge is 0.0955 e. The molecule has 0 aliphatic carbocycles. The van der Waals surface area contributed by atoms with Gasteiger partial charge in [0, 0.05) is 31.1 Å². The summed E-state index contributed by atoms with van der Waals surface area (Å²) < 4.78 is 2.26. The monoisotopic (exact) mass is 256 g/mol. The van der Waals surface area contributed by atoms with Gasteiger partial charge < -0.3 is 9.88 Å². The highest BCUT2D eigenvalue weighted by Gasteiger charge is 2.33. The topological polar surface area (TPSA) is 42.7 Å². The zero-order valence-electron chi connectivity index (χ0n) is 11.6. The molecule has 0 radical (unpaired) electrons. The van der Waals surface area contributed by atoms with Crippen LogP contribution in [0.4, 0.5) is 0 Å². The summed E-state index contributed by atoms with van der Waals surface area (Å²) >= 11 is 0. The normalized spacial score (nSPS) is 22.2. The second-order valence-electron chi connectivity index (χ2n) is 5.39. The number of imidazole rings is 1. The van der Waals surface area contributed by atoms with Crippen LogP contribution >= 0.6 is 0 Å². The molecule has 4 nitrogen and oxygen atoms in total. The molecule has 3 rings (SSSR count). The van der Waals surface area contributed by atoms with Crippen LogP contribution in [-0.2, 0) is 18.5 Å². The van der Waals surface area contributed by atoms with Crippen molar-refractivity contribution in [2.24, 2.45) is 0 Å². The van der Waals surface area contributed by atoms with Crippen molar-refractivity contribution in [3.8, 4) is 0 Å².